The van der Waals surface area contributed by atoms with E-state index in [1.54, 1.807) is 0 Å². The van der Waals surface area contributed by atoms with Crippen LogP contribution in [-0.4, -0.2) is 23.9 Å². The molecule has 0 atom stereocenters. The van der Waals surface area contributed by atoms with Crippen molar-refractivity contribution in [2.45, 2.75) is 26.7 Å². The predicted octanol–water partition coefficient (Wildman–Crippen LogP) is 1.42. The Balaban J connectivity index is 0.00000121. The van der Waals surface area contributed by atoms with Gasteiger partial charge in [-0.25, -0.2) is 0 Å². The number of nitrogens with two attached hydrogens (primary N) is 1. The van der Waals surface area contributed by atoms with Gasteiger partial charge < -0.3 is 10.6 Å². The minimum atomic E-state index is 0. The Morgan fingerprint density at radius 1 is 1.33 bits per heavy atom. The SMILES string of the molecule is CC1(C)CCN(C(=N)N)CC1.Cl. The van der Waals surface area contributed by atoms with Crippen molar-refractivity contribution in [2.75, 3.05) is 13.1 Å². The molecular weight excluding hydrogens is 174 g/mol. The van der Waals surface area contributed by atoms with E-state index in [9.17, 15) is 0 Å². The highest BCUT2D eigenvalue weighted by Gasteiger charge is 2.25. The normalized spacial score (nSPS) is 21.3. The summed E-state index contributed by atoms with van der Waals surface area (Å²) in [7, 11) is 0. The molecule has 0 aromatic heterocycles. The Hall–Kier alpha value is -0.440. The Bertz CT molecular complexity index is 158. The molecule has 0 saturated carbocycles. The molecule has 3 N–H and O–H groups in total. The molecule has 0 aromatic carbocycles. The van der Waals surface area contributed by atoms with Gasteiger partial charge in [0.15, 0.2) is 5.96 Å². The summed E-state index contributed by atoms with van der Waals surface area (Å²) in [5, 5.41) is 7.22. The molecule has 12 heavy (non-hydrogen) atoms. The van der Waals surface area contributed by atoms with Gasteiger partial charge in [0.05, 0.1) is 0 Å². The van der Waals surface area contributed by atoms with E-state index >= 15 is 0 Å². The van der Waals surface area contributed by atoms with Gasteiger partial charge in [0, 0.05) is 13.1 Å². The van der Waals surface area contributed by atoms with Crippen molar-refractivity contribution in [1.29, 1.82) is 5.41 Å². The van der Waals surface area contributed by atoms with Crippen LogP contribution in [0.15, 0.2) is 0 Å². The van der Waals surface area contributed by atoms with Crippen molar-refractivity contribution in [1.82, 2.24) is 4.90 Å². The minimum Gasteiger partial charge on any atom is -0.370 e. The van der Waals surface area contributed by atoms with Gasteiger partial charge in [0.25, 0.3) is 0 Å². The Kier molecular flexibility index (Phi) is 3.84. The zero-order valence-corrected chi connectivity index (χ0v) is 8.58. The number of rotatable bonds is 0. The predicted molar refractivity (Wildman–Crippen MR) is 53.8 cm³/mol. The van der Waals surface area contributed by atoms with E-state index in [4.69, 9.17) is 11.1 Å². The topological polar surface area (TPSA) is 53.1 Å². The van der Waals surface area contributed by atoms with Crippen molar-refractivity contribution < 1.29 is 0 Å². The largest absolute Gasteiger partial charge is 0.370 e. The Morgan fingerprint density at radius 3 is 2.08 bits per heavy atom. The lowest BCUT2D eigenvalue weighted by Crippen LogP contribution is -2.44. The number of nitrogens with one attached hydrogen (secondary N) is 1. The summed E-state index contributed by atoms with van der Waals surface area (Å²) < 4.78 is 0. The van der Waals surface area contributed by atoms with Crippen molar-refractivity contribution in [2.24, 2.45) is 11.1 Å². The monoisotopic (exact) mass is 191 g/mol. The van der Waals surface area contributed by atoms with E-state index in [0.717, 1.165) is 25.9 Å². The highest BCUT2D eigenvalue weighted by atomic mass is 35.5. The number of halogens is 1. The molecule has 1 aliphatic rings. The highest BCUT2D eigenvalue weighted by Crippen LogP contribution is 2.29. The smallest absolute Gasteiger partial charge is 0.188 e. The maximum atomic E-state index is 7.22. The summed E-state index contributed by atoms with van der Waals surface area (Å²) in [4.78, 5) is 1.94. The molecule has 1 heterocycles. The van der Waals surface area contributed by atoms with Crippen LogP contribution >= 0.6 is 12.4 Å². The molecule has 3 nitrogen and oxygen atoms in total. The lowest BCUT2D eigenvalue weighted by atomic mass is 9.83. The third-order valence-corrected chi connectivity index (χ3v) is 2.46. The van der Waals surface area contributed by atoms with Gasteiger partial charge in [-0.2, -0.15) is 0 Å². The van der Waals surface area contributed by atoms with Gasteiger partial charge in [-0.05, 0) is 18.3 Å². The fourth-order valence-corrected chi connectivity index (χ4v) is 1.35. The number of piperidine rings is 1. The molecule has 0 unspecified atom stereocenters. The van der Waals surface area contributed by atoms with Crippen molar-refractivity contribution in [3.63, 3.8) is 0 Å². The standard InChI is InChI=1S/C8H17N3.ClH/c1-8(2)3-5-11(6-4-8)7(9)10;/h3-6H2,1-2H3,(H3,9,10);1H. The first kappa shape index (κ1) is 11.6. The third-order valence-electron chi connectivity index (χ3n) is 2.46. The summed E-state index contributed by atoms with van der Waals surface area (Å²) in [5.74, 6) is 0.223. The van der Waals surface area contributed by atoms with Crippen LogP contribution in [0.3, 0.4) is 0 Å². The minimum absolute atomic E-state index is 0. The van der Waals surface area contributed by atoms with E-state index in [-0.39, 0.29) is 18.4 Å². The molecule has 72 valence electrons. The second kappa shape index (κ2) is 3.99. The van der Waals surface area contributed by atoms with Gasteiger partial charge in [0.1, 0.15) is 0 Å². The van der Waals surface area contributed by atoms with Crippen LogP contribution in [-0.2, 0) is 0 Å². The van der Waals surface area contributed by atoms with E-state index in [1.807, 2.05) is 4.90 Å². The number of guanidine groups is 1. The summed E-state index contributed by atoms with van der Waals surface area (Å²) in [6, 6.07) is 0. The summed E-state index contributed by atoms with van der Waals surface area (Å²) >= 11 is 0. The van der Waals surface area contributed by atoms with Crippen LogP contribution in [0.4, 0.5) is 0 Å². The number of hydrogen-bond acceptors (Lipinski definition) is 1. The Morgan fingerprint density at radius 2 is 1.75 bits per heavy atom. The van der Waals surface area contributed by atoms with Crippen LogP contribution in [0.5, 0.6) is 0 Å². The molecule has 0 spiro atoms. The summed E-state index contributed by atoms with van der Waals surface area (Å²) in [6.45, 7) is 6.43. The maximum Gasteiger partial charge on any atom is 0.188 e. The van der Waals surface area contributed by atoms with Crippen LogP contribution in [0.2, 0.25) is 0 Å². The number of nitrogens with zero attached hydrogens (tertiary/aromatic N) is 1. The zero-order chi connectivity index (χ0) is 8.48. The van der Waals surface area contributed by atoms with Crippen LogP contribution in [0, 0.1) is 10.8 Å². The Labute approximate surface area is 80.2 Å². The third kappa shape index (κ3) is 2.89. The summed E-state index contributed by atoms with van der Waals surface area (Å²) in [6.07, 6.45) is 2.29. The van der Waals surface area contributed by atoms with E-state index in [0.29, 0.717) is 5.41 Å². The van der Waals surface area contributed by atoms with Gasteiger partial charge in [-0.3, -0.25) is 5.41 Å². The molecule has 4 heteroatoms. The molecule has 0 aromatic rings. The quantitative estimate of drug-likeness (QED) is 0.450. The first-order valence-electron chi connectivity index (χ1n) is 4.10. The first-order chi connectivity index (χ1) is 5.01. The molecule has 0 amide bonds. The molecule has 1 aliphatic heterocycles. The average molecular weight is 192 g/mol. The fraction of sp³-hybridized carbons (Fsp3) is 0.875. The number of hydrogen-bond donors (Lipinski definition) is 2. The second-order valence-corrected chi connectivity index (χ2v) is 4.04. The first-order valence-corrected chi connectivity index (χ1v) is 4.10. The lowest BCUT2D eigenvalue weighted by Gasteiger charge is -2.36. The zero-order valence-electron chi connectivity index (χ0n) is 7.76. The van der Waals surface area contributed by atoms with Crippen molar-refractivity contribution >= 4 is 18.4 Å². The molecule has 1 rings (SSSR count). The lowest BCUT2D eigenvalue weighted by molar-refractivity contribution is 0.187. The molecule has 0 aliphatic carbocycles. The average Bonchev–Trinajstić information content (AvgIpc) is 1.86. The molecule has 1 saturated heterocycles. The van der Waals surface area contributed by atoms with Crippen LogP contribution in [0.1, 0.15) is 26.7 Å². The second-order valence-electron chi connectivity index (χ2n) is 4.04. The van der Waals surface area contributed by atoms with Crippen molar-refractivity contribution in [3.8, 4) is 0 Å². The van der Waals surface area contributed by atoms with E-state index < -0.39 is 0 Å². The highest BCUT2D eigenvalue weighted by molar-refractivity contribution is 5.85. The van der Waals surface area contributed by atoms with E-state index in [2.05, 4.69) is 13.8 Å². The summed E-state index contributed by atoms with van der Waals surface area (Å²) in [5.41, 5.74) is 5.82. The molecule has 1 fully saturated rings. The van der Waals surface area contributed by atoms with E-state index in [1.165, 1.54) is 0 Å². The van der Waals surface area contributed by atoms with Crippen LogP contribution < -0.4 is 5.73 Å². The van der Waals surface area contributed by atoms with Crippen molar-refractivity contribution in [3.05, 3.63) is 0 Å². The van der Waals surface area contributed by atoms with Gasteiger partial charge in [0.2, 0.25) is 0 Å². The molecule has 0 bridgehead atoms. The van der Waals surface area contributed by atoms with Gasteiger partial charge >= 0.3 is 0 Å². The van der Waals surface area contributed by atoms with Gasteiger partial charge in [-0.1, -0.05) is 13.8 Å². The molecular formula is C8H18ClN3. The fourth-order valence-electron chi connectivity index (χ4n) is 1.35. The van der Waals surface area contributed by atoms with Crippen LogP contribution in [0.25, 0.3) is 0 Å². The van der Waals surface area contributed by atoms with Gasteiger partial charge in [-0.15, -0.1) is 12.4 Å². The maximum absolute atomic E-state index is 7.22. The number of likely N-dealkylation sites (tertiary alicyclic amines) is 1. The molecule has 0 radical (unpaired) electrons.